The Morgan fingerprint density at radius 1 is 1.43 bits per heavy atom. The number of aliphatic carboxylic acids is 1. The van der Waals surface area contributed by atoms with Gasteiger partial charge in [-0.25, -0.2) is 0 Å². The van der Waals surface area contributed by atoms with E-state index in [0.29, 0.717) is 23.7 Å². The monoisotopic (exact) mass is 408 g/mol. The minimum absolute atomic E-state index is 0.264. The predicted molar refractivity (Wildman–Crippen MR) is 108 cm³/mol. The topological polar surface area (TPSA) is 113 Å². The molecule has 2 rings (SSSR count). The summed E-state index contributed by atoms with van der Waals surface area (Å²) < 4.78 is 11.2. The molecule has 1 aliphatic rings. The molecule has 0 aliphatic carbocycles. The molecular formula is C18H24N4O5S. The van der Waals surface area contributed by atoms with Crippen LogP contribution in [0.1, 0.15) is 18.4 Å². The van der Waals surface area contributed by atoms with Crippen LogP contribution in [0.2, 0.25) is 0 Å². The minimum Gasteiger partial charge on any atom is -0.493 e. The van der Waals surface area contributed by atoms with E-state index in [1.54, 1.807) is 13.2 Å². The van der Waals surface area contributed by atoms with Crippen molar-refractivity contribution in [3.05, 3.63) is 23.8 Å². The molecule has 1 aromatic rings. The van der Waals surface area contributed by atoms with E-state index in [-0.39, 0.29) is 17.5 Å². The molecule has 9 nitrogen and oxygen atoms in total. The zero-order chi connectivity index (χ0) is 20.5. The second kappa shape index (κ2) is 10.7. The van der Waals surface area contributed by atoms with Gasteiger partial charge in [0.15, 0.2) is 16.7 Å². The highest BCUT2D eigenvalue weighted by atomic mass is 32.2. The third kappa shape index (κ3) is 6.54. The van der Waals surface area contributed by atoms with Gasteiger partial charge in [-0.15, -0.1) is 5.10 Å². The van der Waals surface area contributed by atoms with Crippen molar-refractivity contribution in [3.63, 3.8) is 0 Å². The molecule has 0 spiro atoms. The summed E-state index contributed by atoms with van der Waals surface area (Å²) >= 11 is 1.05. The highest BCUT2D eigenvalue weighted by molar-refractivity contribution is 8.15. The summed E-state index contributed by atoms with van der Waals surface area (Å²) in [5.74, 6) is -0.261. The number of carbonyl (C=O) groups is 2. The van der Waals surface area contributed by atoms with Gasteiger partial charge in [0.1, 0.15) is 5.25 Å². The van der Waals surface area contributed by atoms with Crippen molar-refractivity contribution in [1.82, 2.24) is 10.2 Å². The number of ether oxygens (including phenoxy) is 2. The van der Waals surface area contributed by atoms with Crippen LogP contribution in [-0.4, -0.2) is 72.9 Å². The Kier molecular flexibility index (Phi) is 8.27. The van der Waals surface area contributed by atoms with Gasteiger partial charge in [0.05, 0.1) is 26.4 Å². The molecule has 10 heteroatoms. The Hall–Kier alpha value is -2.59. The number of hydrogen-bond donors (Lipinski definition) is 2. The Morgan fingerprint density at radius 3 is 2.89 bits per heavy atom. The van der Waals surface area contributed by atoms with Gasteiger partial charge in [-0.3, -0.25) is 9.59 Å². The Morgan fingerprint density at radius 2 is 2.21 bits per heavy atom. The highest BCUT2D eigenvalue weighted by Gasteiger charge is 2.32. The van der Waals surface area contributed by atoms with Crippen molar-refractivity contribution >= 4 is 35.0 Å². The smallest absolute Gasteiger partial charge is 0.305 e. The van der Waals surface area contributed by atoms with Crippen LogP contribution in [-0.2, 0) is 9.59 Å². The van der Waals surface area contributed by atoms with Crippen LogP contribution in [0.25, 0.3) is 0 Å². The molecule has 152 valence electrons. The highest BCUT2D eigenvalue weighted by Crippen LogP contribution is 2.30. The molecule has 0 saturated carbocycles. The second-order valence-corrected chi connectivity index (χ2v) is 7.42. The lowest BCUT2D eigenvalue weighted by atomic mass is 10.2. The van der Waals surface area contributed by atoms with Crippen LogP contribution in [0.15, 0.2) is 28.4 Å². The van der Waals surface area contributed by atoms with Crippen LogP contribution < -0.4 is 14.8 Å². The van der Waals surface area contributed by atoms with Crippen LogP contribution in [0.5, 0.6) is 11.5 Å². The first-order valence-electron chi connectivity index (χ1n) is 8.65. The average Bonchev–Trinajstić information content (AvgIpc) is 2.97. The van der Waals surface area contributed by atoms with E-state index < -0.39 is 11.2 Å². The first-order valence-corrected chi connectivity index (χ1v) is 9.53. The Balaban J connectivity index is 2.06. The molecule has 28 heavy (non-hydrogen) atoms. The molecule has 0 aromatic heterocycles. The van der Waals surface area contributed by atoms with Gasteiger partial charge in [-0.1, -0.05) is 17.8 Å². The number of carboxylic acid groups (broad SMARTS) is 1. The SMILES string of the molecule is COc1cccc(C=NN=C2NC(=O)C(CC(=O)O)S2)c1OCCCN(C)C. The lowest BCUT2D eigenvalue weighted by Gasteiger charge is -2.14. The molecule has 1 heterocycles. The van der Waals surface area contributed by atoms with E-state index in [4.69, 9.17) is 14.6 Å². The number of hydrogen-bond acceptors (Lipinski definition) is 8. The molecule has 1 aliphatic heterocycles. The molecule has 1 unspecified atom stereocenters. The summed E-state index contributed by atoms with van der Waals surface area (Å²) in [7, 11) is 5.57. The predicted octanol–water partition coefficient (Wildman–Crippen LogP) is 1.42. The number of carboxylic acids is 1. The Labute approximate surface area is 167 Å². The van der Waals surface area contributed by atoms with Gasteiger partial charge >= 0.3 is 5.97 Å². The van der Waals surface area contributed by atoms with Gasteiger partial charge in [-0.2, -0.15) is 5.10 Å². The van der Waals surface area contributed by atoms with E-state index in [9.17, 15) is 9.59 Å². The number of amidine groups is 1. The third-order valence-corrected chi connectivity index (χ3v) is 4.78. The molecule has 1 aromatic carbocycles. The fraction of sp³-hybridized carbons (Fsp3) is 0.444. The zero-order valence-electron chi connectivity index (χ0n) is 16.0. The fourth-order valence-electron chi connectivity index (χ4n) is 2.39. The average molecular weight is 408 g/mol. The van der Waals surface area contributed by atoms with E-state index in [1.807, 2.05) is 26.2 Å². The number of para-hydroxylation sites is 1. The number of carbonyl (C=O) groups excluding carboxylic acids is 1. The fourth-order valence-corrected chi connectivity index (χ4v) is 3.31. The molecule has 1 fully saturated rings. The molecule has 1 atom stereocenters. The van der Waals surface area contributed by atoms with Crippen molar-refractivity contribution in [3.8, 4) is 11.5 Å². The van der Waals surface area contributed by atoms with Crippen LogP contribution in [0.3, 0.4) is 0 Å². The second-order valence-electron chi connectivity index (χ2n) is 6.23. The summed E-state index contributed by atoms with van der Waals surface area (Å²) in [6, 6.07) is 5.43. The first kappa shape index (κ1) is 21.7. The van der Waals surface area contributed by atoms with Crippen molar-refractivity contribution in [2.75, 3.05) is 34.4 Å². The van der Waals surface area contributed by atoms with E-state index in [1.165, 1.54) is 6.21 Å². The Bertz CT molecular complexity index is 766. The summed E-state index contributed by atoms with van der Waals surface area (Å²) in [6.07, 6.45) is 2.10. The third-order valence-electron chi connectivity index (χ3n) is 3.71. The maximum atomic E-state index is 11.7. The van der Waals surface area contributed by atoms with Crippen molar-refractivity contribution in [1.29, 1.82) is 0 Å². The summed E-state index contributed by atoms with van der Waals surface area (Å²) in [5.41, 5.74) is 0.685. The lowest BCUT2D eigenvalue weighted by molar-refractivity contribution is -0.138. The maximum Gasteiger partial charge on any atom is 0.305 e. The minimum atomic E-state index is -1.04. The number of methoxy groups -OCH3 is 1. The first-order chi connectivity index (χ1) is 13.4. The largest absolute Gasteiger partial charge is 0.493 e. The number of benzene rings is 1. The standard InChI is InChI=1S/C18H24N4O5S/c1-22(2)8-5-9-27-16-12(6-4-7-13(16)26-3)11-19-21-18-20-17(25)14(28-18)10-15(23)24/h4,6-7,11,14H,5,8-10H2,1-3H3,(H,23,24)(H,20,21,25). The number of rotatable bonds is 10. The number of amides is 1. The van der Waals surface area contributed by atoms with Gasteiger partial charge < -0.3 is 24.8 Å². The number of nitrogens with one attached hydrogen (secondary N) is 1. The van der Waals surface area contributed by atoms with E-state index >= 15 is 0 Å². The van der Waals surface area contributed by atoms with E-state index in [2.05, 4.69) is 20.4 Å². The van der Waals surface area contributed by atoms with Crippen LogP contribution in [0.4, 0.5) is 0 Å². The molecule has 0 bridgehead atoms. The number of nitrogens with zero attached hydrogens (tertiary/aromatic N) is 3. The van der Waals surface area contributed by atoms with Crippen LogP contribution in [0, 0.1) is 0 Å². The normalized spacial score (nSPS) is 18.1. The molecule has 2 N–H and O–H groups in total. The summed E-state index contributed by atoms with van der Waals surface area (Å²) in [4.78, 5) is 24.6. The maximum absolute atomic E-state index is 11.7. The summed E-state index contributed by atoms with van der Waals surface area (Å²) in [5, 5.41) is 18.9. The molecular weight excluding hydrogens is 384 g/mol. The quantitative estimate of drug-likeness (QED) is 0.342. The van der Waals surface area contributed by atoms with E-state index in [0.717, 1.165) is 24.7 Å². The molecule has 1 saturated heterocycles. The van der Waals surface area contributed by atoms with Gasteiger partial charge in [-0.05, 0) is 32.6 Å². The van der Waals surface area contributed by atoms with Gasteiger partial charge in [0.2, 0.25) is 5.91 Å². The molecule has 0 radical (unpaired) electrons. The van der Waals surface area contributed by atoms with Crippen molar-refractivity contribution in [2.45, 2.75) is 18.1 Å². The molecule has 1 amide bonds. The van der Waals surface area contributed by atoms with Gasteiger partial charge in [0.25, 0.3) is 0 Å². The zero-order valence-corrected chi connectivity index (χ0v) is 16.9. The van der Waals surface area contributed by atoms with Gasteiger partial charge in [0, 0.05) is 12.1 Å². The van der Waals surface area contributed by atoms with Crippen molar-refractivity contribution < 1.29 is 24.2 Å². The lowest BCUT2D eigenvalue weighted by Crippen LogP contribution is -2.26. The number of thioether (sulfide) groups is 1. The van der Waals surface area contributed by atoms with Crippen LogP contribution >= 0.6 is 11.8 Å². The van der Waals surface area contributed by atoms with Crippen molar-refractivity contribution in [2.24, 2.45) is 10.2 Å². The summed E-state index contributed by atoms with van der Waals surface area (Å²) in [6.45, 7) is 1.43.